The molecule has 0 atom stereocenters. The average Bonchev–Trinajstić information content (AvgIpc) is 3.45. The van der Waals surface area contributed by atoms with Crippen molar-refractivity contribution >= 4 is 40.5 Å². The Balaban J connectivity index is 1.27. The second-order valence-corrected chi connectivity index (χ2v) is 9.50. The first-order valence-corrected chi connectivity index (χ1v) is 12.2. The number of para-hydroxylation sites is 1. The van der Waals surface area contributed by atoms with Gasteiger partial charge in [0.15, 0.2) is 5.76 Å². The fraction of sp³-hybridized carbons (Fsp3) is 0.0714. The van der Waals surface area contributed by atoms with E-state index in [1.54, 1.807) is 24.4 Å². The summed E-state index contributed by atoms with van der Waals surface area (Å²) in [5.41, 5.74) is 7.14. The zero-order valence-corrected chi connectivity index (χ0v) is 20.9. The van der Waals surface area contributed by atoms with Gasteiger partial charge in [-0.15, -0.1) is 0 Å². The number of carbonyl (C=O) groups is 1. The molecule has 0 aliphatic rings. The van der Waals surface area contributed by atoms with Gasteiger partial charge in [0.25, 0.3) is 5.69 Å². The van der Waals surface area contributed by atoms with Crippen molar-refractivity contribution in [3.8, 4) is 5.69 Å². The molecule has 0 spiro atoms. The number of fused-ring (bicyclic) bond motifs is 1. The molecule has 0 bridgehead atoms. The molecule has 0 fully saturated rings. The lowest BCUT2D eigenvalue weighted by Crippen LogP contribution is -2.16. The van der Waals surface area contributed by atoms with Crippen LogP contribution in [0.3, 0.4) is 0 Å². The van der Waals surface area contributed by atoms with Gasteiger partial charge >= 0.3 is 5.91 Å². The molecule has 5 rings (SSSR count). The van der Waals surface area contributed by atoms with Gasteiger partial charge in [-0.3, -0.25) is 14.9 Å². The highest BCUT2D eigenvalue weighted by Crippen LogP contribution is 2.30. The Morgan fingerprint density at radius 3 is 2.35 bits per heavy atom. The topological polar surface area (TPSA) is 103 Å². The number of nitro benzene ring substituents is 1. The summed E-state index contributed by atoms with van der Waals surface area (Å²) < 4.78 is 7.69. The number of hydrogen-bond acceptors (Lipinski definition) is 6. The number of hydrazone groups is 1. The molecule has 0 unspecified atom stereocenters. The molecule has 5 aromatic rings. The second kappa shape index (κ2) is 10.2. The molecule has 2 aromatic heterocycles. The van der Waals surface area contributed by atoms with Crippen molar-refractivity contribution in [2.75, 3.05) is 0 Å². The molecule has 1 amide bonds. The number of furan rings is 1. The number of aromatic nitrogens is 1. The molecule has 0 aliphatic heterocycles. The van der Waals surface area contributed by atoms with Crippen LogP contribution in [0.2, 0.25) is 0 Å². The Bertz CT molecular complexity index is 1600. The number of rotatable bonds is 7. The minimum atomic E-state index is -0.414. The van der Waals surface area contributed by atoms with Crippen LogP contribution in [-0.2, 0) is 0 Å². The highest BCUT2D eigenvalue weighted by molar-refractivity contribution is 7.99. The number of carbonyl (C=O) groups excluding carboxylic acids is 1. The normalized spacial score (nSPS) is 11.3. The van der Waals surface area contributed by atoms with Gasteiger partial charge in [0.2, 0.25) is 0 Å². The van der Waals surface area contributed by atoms with Crippen molar-refractivity contribution in [1.29, 1.82) is 0 Å². The zero-order chi connectivity index (χ0) is 25.9. The van der Waals surface area contributed by atoms with Gasteiger partial charge in [-0.1, -0.05) is 30.0 Å². The summed E-state index contributed by atoms with van der Waals surface area (Å²) in [6.07, 6.45) is 1.62. The van der Waals surface area contributed by atoms with Crippen LogP contribution >= 0.6 is 11.8 Å². The first kappa shape index (κ1) is 24.1. The summed E-state index contributed by atoms with van der Waals surface area (Å²) in [4.78, 5) is 24.8. The van der Waals surface area contributed by atoms with E-state index >= 15 is 0 Å². The molecule has 2 heterocycles. The molecule has 1 N–H and O–H groups in total. The minimum Gasteiger partial charge on any atom is -0.451 e. The fourth-order valence-electron chi connectivity index (χ4n) is 4.06. The summed E-state index contributed by atoms with van der Waals surface area (Å²) in [5.74, 6) is -0.210. The quantitative estimate of drug-likeness (QED) is 0.150. The van der Waals surface area contributed by atoms with Gasteiger partial charge in [0, 0.05) is 49.9 Å². The molecule has 8 nitrogen and oxygen atoms in total. The van der Waals surface area contributed by atoms with Gasteiger partial charge in [0.1, 0.15) is 5.58 Å². The van der Waals surface area contributed by atoms with Crippen LogP contribution in [0.4, 0.5) is 5.69 Å². The van der Waals surface area contributed by atoms with Gasteiger partial charge in [-0.2, -0.15) is 5.10 Å². The summed E-state index contributed by atoms with van der Waals surface area (Å²) in [6.45, 7) is 4.01. The van der Waals surface area contributed by atoms with Crippen LogP contribution in [0.15, 0.2) is 104 Å². The monoisotopic (exact) mass is 510 g/mol. The molecule has 0 saturated carbocycles. The van der Waals surface area contributed by atoms with Crippen molar-refractivity contribution in [2.45, 2.75) is 23.6 Å². The Labute approximate surface area is 216 Å². The number of nitrogens with zero attached hydrogens (tertiary/aromatic N) is 3. The van der Waals surface area contributed by atoms with Crippen molar-refractivity contribution in [3.63, 3.8) is 0 Å². The largest absolute Gasteiger partial charge is 0.451 e. The van der Waals surface area contributed by atoms with Gasteiger partial charge in [-0.05, 0) is 68.4 Å². The molecule has 37 heavy (non-hydrogen) atoms. The standard InChI is InChI=1S/C28H22N4O4S/c1-18-15-21(17-29-30-28(33)27-16-20-5-3-4-6-26(20)36-27)19(2)31(18)22-7-11-24(12-8-22)37-25-13-9-23(10-14-25)32(34)35/h3-17H,1-2H3,(H,30,33)/b29-17+. The van der Waals surface area contributed by atoms with Crippen LogP contribution < -0.4 is 5.43 Å². The van der Waals surface area contributed by atoms with Crippen LogP contribution in [-0.4, -0.2) is 21.6 Å². The lowest BCUT2D eigenvalue weighted by Gasteiger charge is -2.10. The fourth-order valence-corrected chi connectivity index (χ4v) is 4.88. The van der Waals surface area contributed by atoms with Crippen LogP contribution in [0.1, 0.15) is 27.5 Å². The van der Waals surface area contributed by atoms with Crippen molar-refractivity contribution < 1.29 is 14.1 Å². The van der Waals surface area contributed by atoms with E-state index in [0.717, 1.165) is 37.8 Å². The molecule has 9 heteroatoms. The van der Waals surface area contributed by atoms with E-state index in [0.29, 0.717) is 5.58 Å². The molecule has 3 aromatic carbocycles. The SMILES string of the molecule is Cc1cc(/C=N/NC(=O)c2cc3ccccc3o2)c(C)n1-c1ccc(Sc2ccc([N+](=O)[O-])cc2)cc1. The van der Waals surface area contributed by atoms with Crippen molar-refractivity contribution in [3.05, 3.63) is 118 Å². The molecular formula is C28H22N4O4S. The van der Waals surface area contributed by atoms with E-state index in [-0.39, 0.29) is 11.4 Å². The number of non-ortho nitro benzene ring substituents is 1. The third-order valence-electron chi connectivity index (χ3n) is 5.87. The minimum absolute atomic E-state index is 0.0756. The van der Waals surface area contributed by atoms with E-state index in [9.17, 15) is 14.9 Å². The molecule has 0 radical (unpaired) electrons. The van der Waals surface area contributed by atoms with Crippen LogP contribution in [0, 0.1) is 24.0 Å². The first-order chi connectivity index (χ1) is 17.9. The maximum Gasteiger partial charge on any atom is 0.307 e. The van der Waals surface area contributed by atoms with Gasteiger partial charge in [0.05, 0.1) is 11.1 Å². The number of aryl methyl sites for hydroxylation is 1. The van der Waals surface area contributed by atoms with E-state index in [4.69, 9.17) is 4.42 Å². The highest BCUT2D eigenvalue weighted by Gasteiger charge is 2.13. The number of nitrogens with one attached hydrogen (secondary N) is 1. The van der Waals surface area contributed by atoms with Crippen LogP contribution in [0.25, 0.3) is 16.7 Å². The number of hydrogen-bond donors (Lipinski definition) is 1. The highest BCUT2D eigenvalue weighted by atomic mass is 32.2. The lowest BCUT2D eigenvalue weighted by atomic mass is 10.2. The van der Waals surface area contributed by atoms with Crippen molar-refractivity contribution in [1.82, 2.24) is 9.99 Å². The summed E-state index contributed by atoms with van der Waals surface area (Å²) in [5, 5.41) is 15.8. The third kappa shape index (κ3) is 5.17. The third-order valence-corrected chi connectivity index (χ3v) is 6.88. The summed E-state index contributed by atoms with van der Waals surface area (Å²) >= 11 is 1.54. The van der Waals surface area contributed by atoms with E-state index in [2.05, 4.69) is 15.1 Å². The zero-order valence-electron chi connectivity index (χ0n) is 20.0. The van der Waals surface area contributed by atoms with E-state index < -0.39 is 10.8 Å². The lowest BCUT2D eigenvalue weighted by molar-refractivity contribution is -0.384. The Kier molecular flexibility index (Phi) is 6.61. The average molecular weight is 511 g/mol. The van der Waals surface area contributed by atoms with Crippen LogP contribution in [0.5, 0.6) is 0 Å². The Morgan fingerprint density at radius 1 is 1.00 bits per heavy atom. The number of benzene rings is 3. The summed E-state index contributed by atoms with van der Waals surface area (Å²) in [6, 6.07) is 25.7. The maximum absolute atomic E-state index is 12.4. The molecule has 184 valence electrons. The number of nitro groups is 1. The van der Waals surface area contributed by atoms with E-state index in [1.807, 2.05) is 68.4 Å². The smallest absolute Gasteiger partial charge is 0.307 e. The molecular weight excluding hydrogens is 488 g/mol. The summed E-state index contributed by atoms with van der Waals surface area (Å²) in [7, 11) is 0. The van der Waals surface area contributed by atoms with Crippen molar-refractivity contribution in [2.24, 2.45) is 5.10 Å². The van der Waals surface area contributed by atoms with Gasteiger partial charge < -0.3 is 8.98 Å². The predicted octanol–water partition coefficient (Wildman–Crippen LogP) is 6.66. The van der Waals surface area contributed by atoms with E-state index in [1.165, 1.54) is 23.9 Å². The number of amides is 1. The molecule has 0 saturated heterocycles. The first-order valence-electron chi connectivity index (χ1n) is 11.4. The Morgan fingerprint density at radius 2 is 1.68 bits per heavy atom. The van der Waals surface area contributed by atoms with Gasteiger partial charge in [-0.25, -0.2) is 5.43 Å². The Hall–Kier alpha value is -4.63. The second-order valence-electron chi connectivity index (χ2n) is 8.36. The maximum atomic E-state index is 12.4. The predicted molar refractivity (Wildman–Crippen MR) is 144 cm³/mol. The molecule has 0 aliphatic carbocycles.